The van der Waals surface area contributed by atoms with Gasteiger partial charge in [-0.05, 0) is 31.4 Å². The lowest BCUT2D eigenvalue weighted by atomic mass is 10.0. The minimum atomic E-state index is -0.0878. The summed E-state index contributed by atoms with van der Waals surface area (Å²) in [5.74, 6) is 0.732. The van der Waals surface area contributed by atoms with Gasteiger partial charge in [0, 0.05) is 12.7 Å². The van der Waals surface area contributed by atoms with Crippen molar-refractivity contribution in [1.82, 2.24) is 4.98 Å². The summed E-state index contributed by atoms with van der Waals surface area (Å²) in [6, 6.07) is 5.40. The van der Waals surface area contributed by atoms with Gasteiger partial charge in [-0.1, -0.05) is 0 Å². The molecular weight excluding hydrogens is 202 g/mol. The van der Waals surface area contributed by atoms with Crippen molar-refractivity contribution >= 4 is 12.1 Å². The smallest absolute Gasteiger partial charge is 0.142 e. The first-order chi connectivity index (χ1) is 7.85. The van der Waals surface area contributed by atoms with Crippen LogP contribution in [-0.4, -0.2) is 23.9 Å². The number of pyridine rings is 1. The Kier molecular flexibility index (Phi) is 3.16. The Labute approximate surface area is 94.5 Å². The molecule has 1 saturated heterocycles. The van der Waals surface area contributed by atoms with E-state index in [0.29, 0.717) is 5.56 Å². The van der Waals surface area contributed by atoms with Crippen molar-refractivity contribution in [3.8, 4) is 6.07 Å². The fourth-order valence-corrected chi connectivity index (χ4v) is 2.03. The Hall–Kier alpha value is -1.89. The van der Waals surface area contributed by atoms with Crippen molar-refractivity contribution < 1.29 is 4.79 Å². The fraction of sp³-hybridized carbons (Fsp3) is 0.417. The van der Waals surface area contributed by atoms with Crippen molar-refractivity contribution in [2.45, 2.75) is 25.3 Å². The number of aldehydes is 1. The fourth-order valence-electron chi connectivity index (χ4n) is 2.03. The van der Waals surface area contributed by atoms with E-state index < -0.39 is 0 Å². The van der Waals surface area contributed by atoms with Crippen LogP contribution in [0.4, 0.5) is 5.82 Å². The average Bonchev–Trinajstić information content (AvgIpc) is 2.38. The number of hydrogen-bond donors (Lipinski definition) is 0. The monoisotopic (exact) mass is 215 g/mol. The third-order valence-electron chi connectivity index (χ3n) is 2.88. The first-order valence-corrected chi connectivity index (χ1v) is 5.43. The second kappa shape index (κ2) is 4.75. The van der Waals surface area contributed by atoms with E-state index in [4.69, 9.17) is 5.26 Å². The van der Waals surface area contributed by atoms with E-state index in [1.54, 1.807) is 18.3 Å². The van der Waals surface area contributed by atoms with Gasteiger partial charge in [0.2, 0.25) is 0 Å². The van der Waals surface area contributed by atoms with Crippen LogP contribution >= 0.6 is 0 Å². The Bertz CT molecular complexity index is 425. The molecule has 0 amide bonds. The molecule has 82 valence electrons. The summed E-state index contributed by atoms with van der Waals surface area (Å²) in [7, 11) is 0. The molecule has 1 fully saturated rings. The van der Waals surface area contributed by atoms with Gasteiger partial charge in [0.05, 0.1) is 17.7 Å². The topological polar surface area (TPSA) is 57.0 Å². The summed E-state index contributed by atoms with van der Waals surface area (Å²) in [5.41, 5.74) is 0.584. The van der Waals surface area contributed by atoms with E-state index in [1.165, 1.54) is 0 Å². The molecule has 0 aliphatic carbocycles. The molecule has 2 heterocycles. The molecule has 1 aromatic rings. The lowest BCUT2D eigenvalue weighted by Crippen LogP contribution is -2.41. The molecule has 0 radical (unpaired) electrons. The minimum absolute atomic E-state index is 0.0878. The van der Waals surface area contributed by atoms with Gasteiger partial charge in [-0.15, -0.1) is 0 Å². The predicted octanol–water partition coefficient (Wildman–Crippen LogP) is 1.51. The standard InChI is InChI=1S/C12H13N3O/c13-8-10-4-5-14-12(7-10)15-6-2-1-3-11(15)9-16/h4-5,7,9,11H,1-3,6H2. The normalized spacial score (nSPS) is 20.2. The van der Waals surface area contributed by atoms with Crippen LogP contribution in [0.3, 0.4) is 0 Å². The first kappa shape index (κ1) is 10.6. The molecule has 0 bridgehead atoms. The molecule has 1 aliphatic heterocycles. The van der Waals surface area contributed by atoms with Crippen LogP contribution in [0.5, 0.6) is 0 Å². The van der Waals surface area contributed by atoms with Crippen LogP contribution in [0.25, 0.3) is 0 Å². The van der Waals surface area contributed by atoms with Crippen molar-refractivity contribution in [2.75, 3.05) is 11.4 Å². The quantitative estimate of drug-likeness (QED) is 0.702. The number of anilines is 1. The Morgan fingerprint density at radius 2 is 2.44 bits per heavy atom. The lowest BCUT2D eigenvalue weighted by Gasteiger charge is -2.33. The van der Waals surface area contributed by atoms with Crippen molar-refractivity contribution in [1.29, 1.82) is 5.26 Å². The molecule has 1 aliphatic rings. The van der Waals surface area contributed by atoms with Gasteiger partial charge in [-0.3, -0.25) is 0 Å². The molecule has 2 rings (SSSR count). The maximum Gasteiger partial charge on any atom is 0.142 e. The Morgan fingerprint density at radius 1 is 1.56 bits per heavy atom. The molecule has 1 atom stereocenters. The van der Waals surface area contributed by atoms with E-state index in [1.807, 2.05) is 4.90 Å². The summed E-state index contributed by atoms with van der Waals surface area (Å²) in [5, 5.41) is 8.82. The summed E-state index contributed by atoms with van der Waals surface area (Å²) in [6.07, 6.45) is 5.62. The number of aromatic nitrogens is 1. The number of rotatable bonds is 2. The van der Waals surface area contributed by atoms with Crippen LogP contribution in [0.1, 0.15) is 24.8 Å². The van der Waals surface area contributed by atoms with Crippen LogP contribution in [-0.2, 0) is 4.79 Å². The molecule has 1 aromatic heterocycles. The lowest BCUT2D eigenvalue weighted by molar-refractivity contribution is -0.109. The molecular formula is C12H13N3O. The van der Waals surface area contributed by atoms with E-state index in [9.17, 15) is 4.79 Å². The highest BCUT2D eigenvalue weighted by molar-refractivity contribution is 5.65. The van der Waals surface area contributed by atoms with Crippen LogP contribution < -0.4 is 4.90 Å². The van der Waals surface area contributed by atoms with Crippen molar-refractivity contribution in [2.24, 2.45) is 0 Å². The van der Waals surface area contributed by atoms with Crippen molar-refractivity contribution in [3.05, 3.63) is 23.9 Å². The summed E-state index contributed by atoms with van der Waals surface area (Å²) in [6.45, 7) is 0.839. The molecule has 0 N–H and O–H groups in total. The molecule has 0 spiro atoms. The number of carbonyl (C=O) groups is 1. The third-order valence-corrected chi connectivity index (χ3v) is 2.88. The zero-order valence-electron chi connectivity index (χ0n) is 8.97. The van der Waals surface area contributed by atoms with E-state index >= 15 is 0 Å². The van der Waals surface area contributed by atoms with E-state index in [2.05, 4.69) is 11.1 Å². The van der Waals surface area contributed by atoms with Gasteiger partial charge in [0.25, 0.3) is 0 Å². The van der Waals surface area contributed by atoms with Gasteiger partial charge >= 0.3 is 0 Å². The molecule has 4 heteroatoms. The van der Waals surface area contributed by atoms with E-state index in [0.717, 1.165) is 37.9 Å². The number of carbonyl (C=O) groups excluding carboxylic acids is 1. The first-order valence-electron chi connectivity index (χ1n) is 5.43. The number of nitrogens with zero attached hydrogens (tertiary/aromatic N) is 3. The SMILES string of the molecule is N#Cc1ccnc(N2CCCCC2C=O)c1. The maximum atomic E-state index is 11.0. The Morgan fingerprint density at radius 3 is 3.19 bits per heavy atom. The number of hydrogen-bond acceptors (Lipinski definition) is 4. The van der Waals surface area contributed by atoms with Gasteiger partial charge in [0.1, 0.15) is 12.1 Å². The summed E-state index contributed by atoms with van der Waals surface area (Å²) >= 11 is 0. The van der Waals surface area contributed by atoms with Gasteiger partial charge in [-0.25, -0.2) is 4.98 Å². The number of piperidine rings is 1. The maximum absolute atomic E-state index is 11.0. The highest BCUT2D eigenvalue weighted by atomic mass is 16.1. The highest BCUT2D eigenvalue weighted by Gasteiger charge is 2.22. The van der Waals surface area contributed by atoms with Crippen LogP contribution in [0.15, 0.2) is 18.3 Å². The predicted molar refractivity (Wildman–Crippen MR) is 60.0 cm³/mol. The minimum Gasteiger partial charge on any atom is -0.347 e. The summed E-state index contributed by atoms with van der Waals surface area (Å²) in [4.78, 5) is 17.2. The molecule has 0 saturated carbocycles. The van der Waals surface area contributed by atoms with Crippen LogP contribution in [0.2, 0.25) is 0 Å². The molecule has 1 unspecified atom stereocenters. The zero-order chi connectivity index (χ0) is 11.4. The summed E-state index contributed by atoms with van der Waals surface area (Å²) < 4.78 is 0. The molecule has 4 nitrogen and oxygen atoms in total. The van der Waals surface area contributed by atoms with Crippen molar-refractivity contribution in [3.63, 3.8) is 0 Å². The largest absolute Gasteiger partial charge is 0.347 e. The molecule has 0 aromatic carbocycles. The second-order valence-corrected chi connectivity index (χ2v) is 3.91. The third kappa shape index (κ3) is 2.03. The van der Waals surface area contributed by atoms with E-state index in [-0.39, 0.29) is 6.04 Å². The van der Waals surface area contributed by atoms with Gasteiger partial charge in [0.15, 0.2) is 0 Å². The Balaban J connectivity index is 2.27. The average molecular weight is 215 g/mol. The zero-order valence-corrected chi connectivity index (χ0v) is 8.97. The molecule has 16 heavy (non-hydrogen) atoms. The van der Waals surface area contributed by atoms with Gasteiger partial charge < -0.3 is 9.69 Å². The second-order valence-electron chi connectivity index (χ2n) is 3.91. The highest BCUT2D eigenvalue weighted by Crippen LogP contribution is 2.22. The number of nitriles is 1. The van der Waals surface area contributed by atoms with Crippen LogP contribution in [0, 0.1) is 11.3 Å². The van der Waals surface area contributed by atoms with Gasteiger partial charge in [-0.2, -0.15) is 5.26 Å².